The van der Waals surface area contributed by atoms with Gasteiger partial charge in [0.25, 0.3) is 0 Å². The summed E-state index contributed by atoms with van der Waals surface area (Å²) in [5.74, 6) is 0. The average Bonchev–Trinajstić information content (AvgIpc) is 2.31. The second-order valence-corrected chi connectivity index (χ2v) is 4.79. The molecule has 1 fully saturated rings. The highest BCUT2D eigenvalue weighted by Gasteiger charge is 2.39. The number of allylic oxidation sites excluding steroid dienone is 1. The molecule has 0 aromatic rings. The largest absolute Gasteiger partial charge is 0.390 e. The summed E-state index contributed by atoms with van der Waals surface area (Å²) < 4.78 is 5.89. The van der Waals surface area contributed by atoms with Crippen molar-refractivity contribution in [2.45, 2.75) is 70.0 Å². The SMILES string of the molecule is C=CCCCC(O)C1(OCC)CCCCC1. The van der Waals surface area contributed by atoms with Crippen LogP contribution >= 0.6 is 0 Å². The maximum atomic E-state index is 10.3. The predicted molar refractivity (Wildman–Crippen MR) is 67.5 cm³/mol. The molecule has 0 saturated heterocycles. The van der Waals surface area contributed by atoms with Crippen molar-refractivity contribution in [3.8, 4) is 0 Å². The van der Waals surface area contributed by atoms with Crippen molar-refractivity contribution in [3.05, 3.63) is 12.7 Å². The van der Waals surface area contributed by atoms with E-state index in [9.17, 15) is 5.11 Å². The molecule has 2 heteroatoms. The first-order chi connectivity index (χ1) is 7.75. The summed E-state index contributed by atoms with van der Waals surface area (Å²) in [5.41, 5.74) is -0.242. The highest BCUT2D eigenvalue weighted by molar-refractivity contribution is 4.91. The molecule has 0 amide bonds. The van der Waals surface area contributed by atoms with Crippen molar-refractivity contribution >= 4 is 0 Å². The fourth-order valence-electron chi connectivity index (χ4n) is 2.73. The van der Waals surface area contributed by atoms with E-state index in [4.69, 9.17) is 4.74 Å². The van der Waals surface area contributed by atoms with Gasteiger partial charge in [-0.25, -0.2) is 0 Å². The van der Waals surface area contributed by atoms with Crippen molar-refractivity contribution in [1.29, 1.82) is 0 Å². The number of rotatable bonds is 7. The third-order valence-electron chi connectivity index (χ3n) is 3.62. The molecular weight excluding hydrogens is 200 g/mol. The van der Waals surface area contributed by atoms with E-state index >= 15 is 0 Å². The van der Waals surface area contributed by atoms with Gasteiger partial charge < -0.3 is 9.84 Å². The van der Waals surface area contributed by atoms with Gasteiger partial charge in [0.1, 0.15) is 0 Å². The minimum atomic E-state index is -0.298. The van der Waals surface area contributed by atoms with E-state index in [2.05, 4.69) is 6.58 Å². The predicted octanol–water partition coefficient (Wildman–Crippen LogP) is 3.44. The van der Waals surface area contributed by atoms with Crippen LogP contribution in [0.25, 0.3) is 0 Å². The molecule has 0 aliphatic heterocycles. The van der Waals surface area contributed by atoms with Gasteiger partial charge in [-0.05, 0) is 39.0 Å². The fourth-order valence-corrected chi connectivity index (χ4v) is 2.73. The molecule has 94 valence electrons. The molecule has 0 spiro atoms. The van der Waals surface area contributed by atoms with E-state index in [1.807, 2.05) is 13.0 Å². The Labute approximate surface area is 99.7 Å². The van der Waals surface area contributed by atoms with Crippen LogP contribution in [0.2, 0.25) is 0 Å². The Morgan fingerprint density at radius 1 is 1.38 bits per heavy atom. The maximum absolute atomic E-state index is 10.3. The lowest BCUT2D eigenvalue weighted by Crippen LogP contribution is -2.46. The third-order valence-corrected chi connectivity index (χ3v) is 3.62. The van der Waals surface area contributed by atoms with Crippen LogP contribution in [0.5, 0.6) is 0 Å². The Balaban J connectivity index is 2.49. The Morgan fingerprint density at radius 3 is 2.62 bits per heavy atom. The van der Waals surface area contributed by atoms with Crippen molar-refractivity contribution in [2.24, 2.45) is 0 Å². The van der Waals surface area contributed by atoms with E-state index in [0.717, 1.165) is 32.1 Å². The maximum Gasteiger partial charge on any atom is 0.0939 e. The van der Waals surface area contributed by atoms with Crippen LogP contribution < -0.4 is 0 Å². The lowest BCUT2D eigenvalue weighted by Gasteiger charge is -2.41. The molecule has 0 aromatic carbocycles. The minimum absolute atomic E-state index is 0.242. The summed E-state index contributed by atoms with van der Waals surface area (Å²) in [7, 11) is 0. The van der Waals surface area contributed by atoms with E-state index in [1.54, 1.807) is 0 Å². The van der Waals surface area contributed by atoms with Gasteiger partial charge >= 0.3 is 0 Å². The molecule has 1 aliphatic rings. The topological polar surface area (TPSA) is 29.5 Å². The third kappa shape index (κ3) is 3.60. The molecule has 0 aromatic heterocycles. The monoisotopic (exact) mass is 226 g/mol. The summed E-state index contributed by atoms with van der Waals surface area (Å²) in [6, 6.07) is 0. The molecule has 1 rings (SSSR count). The Morgan fingerprint density at radius 2 is 2.06 bits per heavy atom. The molecule has 0 bridgehead atoms. The van der Waals surface area contributed by atoms with Crippen molar-refractivity contribution in [3.63, 3.8) is 0 Å². The lowest BCUT2D eigenvalue weighted by atomic mass is 9.79. The molecule has 1 aliphatic carbocycles. The summed E-state index contributed by atoms with van der Waals surface area (Å²) in [6.07, 6.45) is 10.2. The van der Waals surface area contributed by atoms with Crippen molar-refractivity contribution < 1.29 is 9.84 Å². The number of hydrogen-bond donors (Lipinski definition) is 1. The van der Waals surface area contributed by atoms with Crippen LogP contribution in [0, 0.1) is 0 Å². The van der Waals surface area contributed by atoms with Gasteiger partial charge in [-0.1, -0.05) is 25.3 Å². The molecular formula is C14H26O2. The van der Waals surface area contributed by atoms with Gasteiger partial charge in [-0.3, -0.25) is 0 Å². The van der Waals surface area contributed by atoms with E-state index in [1.165, 1.54) is 19.3 Å². The van der Waals surface area contributed by atoms with Crippen molar-refractivity contribution in [1.82, 2.24) is 0 Å². The fraction of sp³-hybridized carbons (Fsp3) is 0.857. The summed E-state index contributed by atoms with van der Waals surface area (Å²) in [4.78, 5) is 0. The number of hydrogen-bond acceptors (Lipinski definition) is 2. The molecule has 0 heterocycles. The molecule has 1 atom stereocenters. The van der Waals surface area contributed by atoms with Gasteiger partial charge in [0.05, 0.1) is 11.7 Å². The highest BCUT2D eigenvalue weighted by Crippen LogP contribution is 2.36. The number of aliphatic hydroxyl groups excluding tert-OH is 1. The molecule has 1 saturated carbocycles. The standard InChI is InChI=1S/C14H26O2/c1-3-5-7-10-13(15)14(16-4-2)11-8-6-9-12-14/h3,13,15H,1,4-12H2,2H3. The average molecular weight is 226 g/mol. The van der Waals surface area contributed by atoms with Gasteiger partial charge in [-0.2, -0.15) is 0 Å². The zero-order valence-corrected chi connectivity index (χ0v) is 10.6. The smallest absolute Gasteiger partial charge is 0.0939 e. The van der Waals surface area contributed by atoms with Crippen LogP contribution in [-0.4, -0.2) is 23.4 Å². The Kier molecular flexibility index (Phi) is 6.07. The molecule has 16 heavy (non-hydrogen) atoms. The van der Waals surface area contributed by atoms with Crippen LogP contribution in [0.15, 0.2) is 12.7 Å². The van der Waals surface area contributed by atoms with Crippen molar-refractivity contribution in [2.75, 3.05) is 6.61 Å². The first kappa shape index (κ1) is 13.7. The molecule has 1 N–H and O–H groups in total. The molecule has 2 nitrogen and oxygen atoms in total. The Bertz CT molecular complexity index is 189. The number of aliphatic hydroxyl groups is 1. The zero-order valence-electron chi connectivity index (χ0n) is 10.6. The summed E-state index contributed by atoms with van der Waals surface area (Å²) in [5, 5.41) is 10.3. The second-order valence-electron chi connectivity index (χ2n) is 4.79. The van der Waals surface area contributed by atoms with Crippen LogP contribution in [0.3, 0.4) is 0 Å². The zero-order chi connectivity index (χ0) is 11.9. The molecule has 0 radical (unpaired) electrons. The summed E-state index contributed by atoms with van der Waals surface area (Å²) >= 11 is 0. The first-order valence-electron chi connectivity index (χ1n) is 6.68. The number of unbranched alkanes of at least 4 members (excludes halogenated alkanes) is 1. The van der Waals surface area contributed by atoms with E-state index < -0.39 is 0 Å². The summed E-state index contributed by atoms with van der Waals surface area (Å²) in [6.45, 7) is 6.44. The highest BCUT2D eigenvalue weighted by atomic mass is 16.5. The van der Waals surface area contributed by atoms with Crippen LogP contribution in [0.4, 0.5) is 0 Å². The second kappa shape index (κ2) is 7.08. The quantitative estimate of drug-likeness (QED) is 0.532. The Hall–Kier alpha value is -0.340. The van der Waals surface area contributed by atoms with E-state index in [0.29, 0.717) is 6.61 Å². The minimum Gasteiger partial charge on any atom is -0.390 e. The number of ether oxygens (including phenoxy) is 1. The van der Waals surface area contributed by atoms with Gasteiger partial charge in [-0.15, -0.1) is 6.58 Å². The van der Waals surface area contributed by atoms with Gasteiger partial charge in [0, 0.05) is 6.61 Å². The normalized spacial score (nSPS) is 21.6. The van der Waals surface area contributed by atoms with Gasteiger partial charge in [0.15, 0.2) is 0 Å². The lowest BCUT2D eigenvalue weighted by molar-refractivity contribution is -0.141. The van der Waals surface area contributed by atoms with Crippen LogP contribution in [-0.2, 0) is 4.74 Å². The van der Waals surface area contributed by atoms with Crippen LogP contribution in [0.1, 0.15) is 58.3 Å². The van der Waals surface area contributed by atoms with E-state index in [-0.39, 0.29) is 11.7 Å². The first-order valence-corrected chi connectivity index (χ1v) is 6.68. The van der Waals surface area contributed by atoms with Gasteiger partial charge in [0.2, 0.25) is 0 Å². The molecule has 1 unspecified atom stereocenters.